The zero-order valence-corrected chi connectivity index (χ0v) is 9.61. The van der Waals surface area contributed by atoms with Gasteiger partial charge in [0.05, 0.1) is 0 Å². The highest BCUT2D eigenvalue weighted by atomic mass is 28.3. The minimum Gasteiger partial charge on any atom is -0.402 e. The number of benzene rings is 1. The fraction of sp³-hybridized carbons (Fsp3) is 0.200. The van der Waals surface area contributed by atoms with Gasteiger partial charge in [-0.2, -0.15) is 0 Å². The van der Waals surface area contributed by atoms with Crippen LogP contribution >= 0.6 is 0 Å². The average Bonchev–Trinajstić information content (AvgIpc) is 2.21. The normalized spacial score (nSPS) is 8.46. The second-order valence-electron chi connectivity index (χ2n) is 2.31. The van der Waals surface area contributed by atoms with Crippen LogP contribution in [0.4, 0.5) is 0 Å². The Morgan fingerprint density at radius 1 is 1.15 bits per heavy atom. The highest BCUT2D eigenvalue weighted by molar-refractivity contribution is 6.17. The van der Waals surface area contributed by atoms with Crippen molar-refractivity contribution < 1.29 is 8.85 Å². The van der Waals surface area contributed by atoms with E-state index >= 15 is 0 Å². The smallest absolute Gasteiger partial charge is 0.303 e. The molecule has 0 N–H and O–H groups in total. The molecule has 0 bridgehead atoms. The average molecular weight is 196 g/mol. The van der Waals surface area contributed by atoms with Crippen molar-refractivity contribution in [3.8, 4) is 0 Å². The largest absolute Gasteiger partial charge is 0.402 e. The molecule has 0 saturated carbocycles. The van der Waals surface area contributed by atoms with Crippen LogP contribution in [0, 0.1) is 0 Å². The van der Waals surface area contributed by atoms with Gasteiger partial charge < -0.3 is 8.85 Å². The first-order valence-corrected chi connectivity index (χ1v) is 5.16. The molecule has 0 radical (unpaired) electrons. The Bertz CT molecular complexity index is 209. The first-order valence-electron chi connectivity index (χ1n) is 4.00. The standard InChI is InChI=1S/C8H8.C2H8O2Si/c1-2-8-6-4-3-5-7-8;1-3-5-4-2/h2-7H,1H2;5H2,1-2H3. The second-order valence-corrected chi connectivity index (χ2v) is 3.70. The fourth-order valence-corrected chi connectivity index (χ4v) is 0.943. The Morgan fingerprint density at radius 3 is 1.92 bits per heavy atom. The van der Waals surface area contributed by atoms with Gasteiger partial charge in [-0.1, -0.05) is 43.0 Å². The van der Waals surface area contributed by atoms with Gasteiger partial charge in [-0.25, -0.2) is 0 Å². The van der Waals surface area contributed by atoms with Crippen LogP contribution in [-0.2, 0) is 8.85 Å². The highest BCUT2D eigenvalue weighted by Crippen LogP contribution is 1.97. The maximum Gasteiger partial charge on any atom is 0.303 e. The summed E-state index contributed by atoms with van der Waals surface area (Å²) in [5.74, 6) is 0. The third-order valence-electron chi connectivity index (χ3n) is 1.27. The van der Waals surface area contributed by atoms with Crippen molar-refractivity contribution in [1.82, 2.24) is 0 Å². The van der Waals surface area contributed by atoms with Gasteiger partial charge in [-0.05, 0) is 5.56 Å². The quantitative estimate of drug-likeness (QED) is 0.684. The lowest BCUT2D eigenvalue weighted by Gasteiger charge is -1.86. The molecule has 0 spiro atoms. The molecule has 3 heteroatoms. The molecule has 13 heavy (non-hydrogen) atoms. The van der Waals surface area contributed by atoms with Crippen molar-refractivity contribution in [2.75, 3.05) is 14.2 Å². The molecule has 0 aromatic heterocycles. The van der Waals surface area contributed by atoms with Crippen LogP contribution in [-0.4, -0.2) is 24.2 Å². The first-order chi connectivity index (χ1) is 6.35. The summed E-state index contributed by atoms with van der Waals surface area (Å²) in [5, 5.41) is 0. The summed E-state index contributed by atoms with van der Waals surface area (Å²) in [6.45, 7) is 3.63. The van der Waals surface area contributed by atoms with E-state index < -0.39 is 10.0 Å². The molecular formula is C10H16O2Si. The molecule has 72 valence electrons. The van der Waals surface area contributed by atoms with Crippen LogP contribution < -0.4 is 0 Å². The Balaban J connectivity index is 0.000000252. The van der Waals surface area contributed by atoms with E-state index in [1.165, 1.54) is 5.56 Å². The van der Waals surface area contributed by atoms with Crippen LogP contribution in [0.5, 0.6) is 0 Å². The van der Waals surface area contributed by atoms with E-state index in [2.05, 4.69) is 15.4 Å². The van der Waals surface area contributed by atoms with E-state index in [0.717, 1.165) is 0 Å². The number of hydrogen-bond donors (Lipinski definition) is 0. The van der Waals surface area contributed by atoms with Gasteiger partial charge in [0.1, 0.15) is 0 Å². The van der Waals surface area contributed by atoms with Crippen molar-refractivity contribution >= 4 is 16.1 Å². The van der Waals surface area contributed by atoms with Crippen molar-refractivity contribution in [2.24, 2.45) is 0 Å². The van der Waals surface area contributed by atoms with Crippen LogP contribution in [0.3, 0.4) is 0 Å². The second kappa shape index (κ2) is 9.19. The zero-order chi connectivity index (χ0) is 9.94. The zero-order valence-electron chi connectivity index (χ0n) is 8.19. The highest BCUT2D eigenvalue weighted by Gasteiger charge is 1.75. The van der Waals surface area contributed by atoms with Gasteiger partial charge >= 0.3 is 10.0 Å². The molecule has 0 aliphatic carbocycles. The third-order valence-corrected chi connectivity index (χ3v) is 1.74. The summed E-state index contributed by atoms with van der Waals surface area (Å²) in [4.78, 5) is 0. The summed E-state index contributed by atoms with van der Waals surface area (Å²) in [7, 11) is 2.73. The van der Waals surface area contributed by atoms with Crippen LogP contribution in [0.25, 0.3) is 6.08 Å². The monoisotopic (exact) mass is 196 g/mol. The van der Waals surface area contributed by atoms with E-state index in [9.17, 15) is 0 Å². The van der Waals surface area contributed by atoms with Crippen LogP contribution in [0.2, 0.25) is 0 Å². The molecule has 0 atom stereocenters. The van der Waals surface area contributed by atoms with E-state index in [4.69, 9.17) is 0 Å². The summed E-state index contributed by atoms with van der Waals surface area (Å²) in [6, 6.07) is 10.0. The summed E-state index contributed by atoms with van der Waals surface area (Å²) < 4.78 is 9.22. The topological polar surface area (TPSA) is 18.5 Å². The molecule has 1 rings (SSSR count). The van der Waals surface area contributed by atoms with Crippen molar-refractivity contribution in [3.05, 3.63) is 42.5 Å². The predicted molar refractivity (Wildman–Crippen MR) is 59.1 cm³/mol. The van der Waals surface area contributed by atoms with Gasteiger partial charge in [0, 0.05) is 14.2 Å². The van der Waals surface area contributed by atoms with Gasteiger partial charge in [-0.3, -0.25) is 0 Å². The maximum atomic E-state index is 4.61. The number of hydrogen-bond acceptors (Lipinski definition) is 2. The summed E-state index contributed by atoms with van der Waals surface area (Å²) in [5.41, 5.74) is 1.17. The number of rotatable bonds is 3. The van der Waals surface area contributed by atoms with Crippen molar-refractivity contribution in [2.45, 2.75) is 0 Å². The van der Waals surface area contributed by atoms with Crippen molar-refractivity contribution in [1.29, 1.82) is 0 Å². The van der Waals surface area contributed by atoms with E-state index in [1.54, 1.807) is 14.2 Å². The Hall–Kier alpha value is -0.903. The van der Waals surface area contributed by atoms with Gasteiger partial charge in [-0.15, -0.1) is 0 Å². The van der Waals surface area contributed by atoms with Crippen LogP contribution in [0.1, 0.15) is 5.56 Å². The molecule has 0 amide bonds. The molecule has 0 fully saturated rings. The van der Waals surface area contributed by atoms with E-state index in [-0.39, 0.29) is 0 Å². The molecule has 0 aliphatic rings. The summed E-state index contributed by atoms with van der Waals surface area (Å²) in [6.07, 6.45) is 1.83. The van der Waals surface area contributed by atoms with Gasteiger partial charge in [0.2, 0.25) is 0 Å². The third kappa shape index (κ3) is 7.46. The van der Waals surface area contributed by atoms with E-state index in [0.29, 0.717) is 0 Å². The minimum absolute atomic E-state index is 0.568. The lowest BCUT2D eigenvalue weighted by molar-refractivity contribution is 0.309. The molecule has 1 aromatic carbocycles. The molecule has 2 nitrogen and oxygen atoms in total. The molecule has 0 aliphatic heterocycles. The first kappa shape index (κ1) is 12.1. The Morgan fingerprint density at radius 2 is 1.69 bits per heavy atom. The molecule has 0 saturated heterocycles. The van der Waals surface area contributed by atoms with Crippen molar-refractivity contribution in [3.63, 3.8) is 0 Å². The molecule has 0 unspecified atom stereocenters. The van der Waals surface area contributed by atoms with E-state index in [1.807, 2.05) is 36.4 Å². The van der Waals surface area contributed by atoms with Gasteiger partial charge in [0.25, 0.3) is 0 Å². The van der Waals surface area contributed by atoms with Gasteiger partial charge in [0.15, 0.2) is 0 Å². The summed E-state index contributed by atoms with van der Waals surface area (Å²) >= 11 is 0. The Labute approximate surface area is 82.3 Å². The Kier molecular flexibility index (Phi) is 8.55. The molecule has 0 heterocycles. The SMILES string of the molecule is C=Cc1ccccc1.CO[SiH2]OC. The maximum absolute atomic E-state index is 4.61. The lowest BCUT2D eigenvalue weighted by atomic mass is 10.2. The fourth-order valence-electron chi connectivity index (χ4n) is 0.707. The molecule has 1 aromatic rings. The predicted octanol–water partition coefficient (Wildman–Crippen LogP) is 1.61. The minimum atomic E-state index is -0.568. The molecular weight excluding hydrogens is 180 g/mol. The lowest BCUT2D eigenvalue weighted by Crippen LogP contribution is -1.93. The van der Waals surface area contributed by atoms with Crippen LogP contribution in [0.15, 0.2) is 36.9 Å².